The summed E-state index contributed by atoms with van der Waals surface area (Å²) >= 11 is 0. The van der Waals surface area contributed by atoms with Crippen molar-refractivity contribution in [2.75, 3.05) is 19.6 Å². The fourth-order valence-electron chi connectivity index (χ4n) is 3.42. The lowest BCUT2D eigenvalue weighted by molar-refractivity contribution is 0.0972. The number of carbonyl (C=O) groups is 1. The Kier molecular flexibility index (Phi) is 6.83. The van der Waals surface area contributed by atoms with Crippen LogP contribution in [0.15, 0.2) is 59.5 Å². The zero-order chi connectivity index (χ0) is 20.0. The van der Waals surface area contributed by atoms with Gasteiger partial charge in [0.15, 0.2) is 5.78 Å². The number of Topliss-reactive ketones (excluding diaryl/α,β-unsaturated/α-hetero) is 1. The number of nitrogens with one attached hydrogen (secondary N) is 1. The van der Waals surface area contributed by atoms with E-state index in [9.17, 15) is 18.3 Å². The zero-order valence-corrected chi connectivity index (χ0v) is 16.6. The average Bonchev–Trinajstić information content (AvgIpc) is 2.70. The van der Waals surface area contributed by atoms with Crippen molar-refractivity contribution in [3.63, 3.8) is 0 Å². The Morgan fingerprint density at radius 3 is 2.32 bits per heavy atom. The molecule has 0 atom stereocenters. The average molecular weight is 403 g/mol. The number of aromatic hydroxyl groups is 1. The number of sulfonamides is 1. The second-order valence-electron chi connectivity index (χ2n) is 7.12. The minimum absolute atomic E-state index is 0.0555. The van der Waals surface area contributed by atoms with Crippen molar-refractivity contribution < 1.29 is 18.3 Å². The molecule has 2 N–H and O–H groups in total. The summed E-state index contributed by atoms with van der Waals surface area (Å²) in [7, 11) is -3.47. The van der Waals surface area contributed by atoms with Crippen molar-refractivity contribution in [3.05, 3.63) is 60.2 Å². The number of phenols is 1. The minimum atomic E-state index is -3.47. The van der Waals surface area contributed by atoms with Gasteiger partial charge in [0.2, 0.25) is 10.0 Å². The van der Waals surface area contributed by atoms with Gasteiger partial charge in [0.25, 0.3) is 0 Å². The molecule has 1 saturated heterocycles. The molecule has 28 heavy (non-hydrogen) atoms. The van der Waals surface area contributed by atoms with Gasteiger partial charge < -0.3 is 10.0 Å². The van der Waals surface area contributed by atoms with E-state index in [1.807, 2.05) is 0 Å². The van der Waals surface area contributed by atoms with Crippen LogP contribution in [-0.2, 0) is 10.0 Å². The first-order valence-electron chi connectivity index (χ1n) is 9.56. The van der Waals surface area contributed by atoms with E-state index in [0.29, 0.717) is 16.9 Å². The number of piperidine rings is 1. The summed E-state index contributed by atoms with van der Waals surface area (Å²) < 4.78 is 27.6. The van der Waals surface area contributed by atoms with Gasteiger partial charge in [-0.25, -0.2) is 13.1 Å². The summed E-state index contributed by atoms with van der Waals surface area (Å²) in [5, 5.41) is 9.28. The lowest BCUT2D eigenvalue weighted by atomic mass is 10.0. The Morgan fingerprint density at radius 1 is 1.04 bits per heavy atom. The van der Waals surface area contributed by atoms with Gasteiger partial charge in [-0.1, -0.05) is 18.2 Å². The monoisotopic (exact) mass is 402 g/mol. The number of hydrogen-bond acceptors (Lipinski definition) is 5. The molecule has 0 amide bonds. The van der Waals surface area contributed by atoms with Crippen molar-refractivity contribution in [1.29, 1.82) is 0 Å². The van der Waals surface area contributed by atoms with Crippen molar-refractivity contribution in [2.24, 2.45) is 0 Å². The fraction of sp³-hybridized carbons (Fsp3) is 0.381. The van der Waals surface area contributed by atoms with Crippen molar-refractivity contribution in [1.82, 2.24) is 9.62 Å². The van der Waals surface area contributed by atoms with Crippen LogP contribution < -0.4 is 4.72 Å². The SMILES string of the molecule is O=C(CCCN1CCC(NS(=O)(=O)c2ccccc2)CC1)c1ccc(O)cc1. The lowest BCUT2D eigenvalue weighted by Gasteiger charge is -2.32. The lowest BCUT2D eigenvalue weighted by Crippen LogP contribution is -2.44. The van der Waals surface area contributed by atoms with Crippen LogP contribution in [0.1, 0.15) is 36.0 Å². The number of hydrogen-bond donors (Lipinski definition) is 2. The molecule has 1 aliphatic rings. The zero-order valence-electron chi connectivity index (χ0n) is 15.8. The summed E-state index contributed by atoms with van der Waals surface area (Å²) in [6.07, 6.45) is 2.75. The third kappa shape index (κ3) is 5.64. The Bertz CT molecular complexity index is 874. The molecular formula is C21H26N2O4S. The molecule has 0 aliphatic carbocycles. The van der Waals surface area contributed by atoms with Crippen LogP contribution in [-0.4, -0.2) is 49.9 Å². The van der Waals surface area contributed by atoms with Crippen molar-refractivity contribution in [2.45, 2.75) is 36.6 Å². The highest BCUT2D eigenvalue weighted by molar-refractivity contribution is 7.89. The molecule has 0 radical (unpaired) electrons. The Morgan fingerprint density at radius 2 is 1.68 bits per heavy atom. The third-order valence-corrected chi connectivity index (χ3v) is 6.57. The van der Waals surface area contributed by atoms with E-state index in [2.05, 4.69) is 9.62 Å². The highest BCUT2D eigenvalue weighted by Crippen LogP contribution is 2.16. The maximum atomic E-state index is 12.4. The molecule has 0 unspecified atom stereocenters. The molecule has 150 valence electrons. The third-order valence-electron chi connectivity index (χ3n) is 5.03. The highest BCUT2D eigenvalue weighted by Gasteiger charge is 2.24. The molecule has 6 nitrogen and oxygen atoms in total. The van der Waals surface area contributed by atoms with Gasteiger partial charge in [-0.05, 0) is 75.3 Å². The van der Waals surface area contributed by atoms with Gasteiger partial charge in [0.1, 0.15) is 5.75 Å². The standard InChI is InChI=1S/C21H26N2O4S/c24-19-10-8-17(9-11-19)21(25)7-4-14-23-15-12-18(13-16-23)22-28(26,27)20-5-2-1-3-6-20/h1-3,5-6,8-11,18,22,24H,4,7,12-16H2. The number of nitrogens with zero attached hydrogens (tertiary/aromatic N) is 1. The summed E-state index contributed by atoms with van der Waals surface area (Å²) in [5.74, 6) is 0.229. The molecule has 0 spiro atoms. The topological polar surface area (TPSA) is 86.7 Å². The predicted octanol–water partition coefficient (Wildman–Crippen LogP) is 2.80. The largest absolute Gasteiger partial charge is 0.508 e. The van der Waals surface area contributed by atoms with E-state index in [-0.39, 0.29) is 17.6 Å². The molecule has 2 aromatic carbocycles. The van der Waals surface area contributed by atoms with Gasteiger partial charge in [-0.3, -0.25) is 4.79 Å². The number of phenolic OH excluding ortho intramolecular Hbond substituents is 1. The van der Waals surface area contributed by atoms with Crippen molar-refractivity contribution >= 4 is 15.8 Å². The van der Waals surface area contributed by atoms with Gasteiger partial charge in [-0.2, -0.15) is 0 Å². The molecule has 7 heteroatoms. The Labute approximate surface area is 166 Å². The second kappa shape index (κ2) is 9.32. The molecular weight excluding hydrogens is 376 g/mol. The Hall–Kier alpha value is -2.22. The number of likely N-dealkylation sites (tertiary alicyclic amines) is 1. The molecule has 1 aliphatic heterocycles. The first kappa shape index (κ1) is 20.5. The smallest absolute Gasteiger partial charge is 0.240 e. The van der Waals surface area contributed by atoms with Crippen LogP contribution in [0.5, 0.6) is 5.75 Å². The normalized spacial score (nSPS) is 16.1. The van der Waals surface area contributed by atoms with E-state index < -0.39 is 10.0 Å². The summed E-state index contributed by atoms with van der Waals surface area (Å²) in [5.41, 5.74) is 0.617. The molecule has 0 saturated carbocycles. The van der Waals surface area contributed by atoms with Crippen LogP contribution in [0.3, 0.4) is 0 Å². The van der Waals surface area contributed by atoms with Gasteiger partial charge in [0.05, 0.1) is 4.90 Å². The molecule has 1 fully saturated rings. The summed E-state index contributed by atoms with van der Waals surface area (Å²) in [6, 6.07) is 14.7. The Balaban J connectivity index is 1.39. The van der Waals surface area contributed by atoms with E-state index in [1.165, 1.54) is 12.1 Å². The van der Waals surface area contributed by atoms with E-state index in [1.54, 1.807) is 42.5 Å². The van der Waals surface area contributed by atoms with Gasteiger partial charge in [-0.15, -0.1) is 0 Å². The van der Waals surface area contributed by atoms with Crippen LogP contribution in [0.2, 0.25) is 0 Å². The second-order valence-corrected chi connectivity index (χ2v) is 8.84. The highest BCUT2D eigenvalue weighted by atomic mass is 32.2. The maximum absolute atomic E-state index is 12.4. The molecule has 0 aromatic heterocycles. The first-order chi connectivity index (χ1) is 13.4. The number of carbonyl (C=O) groups excluding carboxylic acids is 1. The molecule has 0 bridgehead atoms. The summed E-state index contributed by atoms with van der Waals surface area (Å²) in [6.45, 7) is 2.45. The van der Waals surface area contributed by atoms with E-state index in [0.717, 1.165) is 38.9 Å². The van der Waals surface area contributed by atoms with Crippen LogP contribution >= 0.6 is 0 Å². The number of rotatable bonds is 8. The van der Waals surface area contributed by atoms with E-state index >= 15 is 0 Å². The fourth-order valence-corrected chi connectivity index (χ4v) is 4.74. The molecule has 1 heterocycles. The van der Waals surface area contributed by atoms with Gasteiger partial charge >= 0.3 is 0 Å². The predicted molar refractivity (Wildman–Crippen MR) is 108 cm³/mol. The first-order valence-corrected chi connectivity index (χ1v) is 11.0. The number of benzene rings is 2. The maximum Gasteiger partial charge on any atom is 0.240 e. The van der Waals surface area contributed by atoms with Gasteiger partial charge in [0, 0.05) is 18.0 Å². The quantitative estimate of drug-likeness (QED) is 0.663. The number of ketones is 1. The van der Waals surface area contributed by atoms with Crippen molar-refractivity contribution in [3.8, 4) is 5.75 Å². The van der Waals surface area contributed by atoms with E-state index in [4.69, 9.17) is 0 Å². The molecule has 2 aromatic rings. The minimum Gasteiger partial charge on any atom is -0.508 e. The van der Waals surface area contributed by atoms with Crippen LogP contribution in [0, 0.1) is 0 Å². The van der Waals surface area contributed by atoms with Crippen LogP contribution in [0.4, 0.5) is 0 Å². The van der Waals surface area contributed by atoms with Crippen LogP contribution in [0.25, 0.3) is 0 Å². The molecule has 3 rings (SSSR count). The summed E-state index contributed by atoms with van der Waals surface area (Å²) in [4.78, 5) is 14.7.